The van der Waals surface area contributed by atoms with Crippen molar-refractivity contribution >= 4 is 17.2 Å². The smallest absolute Gasteiger partial charge is 0.350 e. The number of ether oxygens (including phenoxy) is 2. The largest absolute Gasteiger partial charge is 0.442 e. The number of hydrogen-bond donors (Lipinski definition) is 1. The molecule has 0 radical (unpaired) electrons. The van der Waals surface area contributed by atoms with E-state index in [4.69, 9.17) is 9.47 Å². The number of nitrogens with zero attached hydrogens (tertiary/aromatic N) is 5. The maximum Gasteiger partial charge on any atom is 0.350 e. The molecule has 0 unspecified atom stereocenters. The van der Waals surface area contributed by atoms with Crippen LogP contribution >= 0.6 is 11.3 Å². The highest BCUT2D eigenvalue weighted by molar-refractivity contribution is 7.15. The predicted molar refractivity (Wildman–Crippen MR) is 125 cm³/mol. The van der Waals surface area contributed by atoms with Gasteiger partial charge in [-0.05, 0) is 31.2 Å². The van der Waals surface area contributed by atoms with E-state index in [1.165, 1.54) is 41.4 Å². The molecule has 0 spiro atoms. The van der Waals surface area contributed by atoms with Crippen LogP contribution in [0.15, 0.2) is 47.7 Å². The molecule has 0 bridgehead atoms. The molecule has 0 atom stereocenters. The van der Waals surface area contributed by atoms with Crippen molar-refractivity contribution in [3.8, 4) is 16.5 Å². The number of benzene rings is 1. The number of aryl methyl sites for hydroxylation is 1. The van der Waals surface area contributed by atoms with Crippen molar-refractivity contribution in [1.82, 2.24) is 29.6 Å². The molecular formula is C23H20F2N6O4S. The molecular weight excluding hydrogens is 494 g/mol. The van der Waals surface area contributed by atoms with Crippen LogP contribution in [0.5, 0.6) is 10.8 Å². The second-order valence-corrected chi connectivity index (χ2v) is 9.07. The molecule has 1 aliphatic heterocycles. The van der Waals surface area contributed by atoms with Gasteiger partial charge in [0, 0.05) is 24.7 Å². The minimum Gasteiger partial charge on any atom is -0.442 e. The normalized spacial score (nSPS) is 13.4. The first kappa shape index (κ1) is 23.8. The molecule has 0 saturated carbocycles. The number of aromatic nitrogens is 5. The highest BCUT2D eigenvalue weighted by Gasteiger charge is 2.22. The third-order valence-corrected chi connectivity index (χ3v) is 6.49. The third kappa shape index (κ3) is 4.88. The van der Waals surface area contributed by atoms with Crippen molar-refractivity contribution < 1.29 is 23.0 Å². The van der Waals surface area contributed by atoms with E-state index in [0.717, 1.165) is 22.1 Å². The third-order valence-electron chi connectivity index (χ3n) is 5.46. The van der Waals surface area contributed by atoms with Crippen molar-refractivity contribution in [3.63, 3.8) is 0 Å². The van der Waals surface area contributed by atoms with Crippen molar-refractivity contribution in [2.45, 2.75) is 13.5 Å². The zero-order chi connectivity index (χ0) is 25.2. The van der Waals surface area contributed by atoms with Crippen LogP contribution in [0.1, 0.15) is 21.2 Å². The first-order valence-electron chi connectivity index (χ1n) is 10.9. The highest BCUT2D eigenvalue weighted by atomic mass is 32.1. The topological polar surface area (TPSA) is 113 Å². The van der Waals surface area contributed by atoms with Crippen molar-refractivity contribution in [1.29, 1.82) is 0 Å². The average molecular weight is 515 g/mol. The summed E-state index contributed by atoms with van der Waals surface area (Å²) >= 11 is 1.01. The number of thiazole rings is 1. The maximum atomic E-state index is 14.9. The van der Waals surface area contributed by atoms with Crippen LogP contribution in [0.2, 0.25) is 0 Å². The summed E-state index contributed by atoms with van der Waals surface area (Å²) in [6, 6.07) is 6.61. The standard InChI is InChI=1S/C23H20F2N6O4S/c1-13-22(36-21(29-13)20(32)27-8-14-10-34-11-14)35-19-5-4-15(7-17(19)25)31-23(33)30(12-28-31)9-18-16(24)3-2-6-26-18/h2-7,12,14H,8-11H2,1H3,(H,27,32). The molecule has 1 amide bonds. The molecule has 4 aromatic rings. The molecule has 10 nitrogen and oxygen atoms in total. The average Bonchev–Trinajstić information content (AvgIpc) is 3.38. The van der Waals surface area contributed by atoms with E-state index >= 15 is 0 Å². The van der Waals surface area contributed by atoms with Crippen molar-refractivity contribution in [3.05, 3.63) is 81.4 Å². The molecule has 13 heteroatoms. The van der Waals surface area contributed by atoms with Gasteiger partial charge in [0.15, 0.2) is 16.6 Å². The first-order valence-corrected chi connectivity index (χ1v) is 11.8. The lowest BCUT2D eigenvalue weighted by atomic mass is 10.1. The lowest BCUT2D eigenvalue weighted by Gasteiger charge is -2.25. The molecule has 36 heavy (non-hydrogen) atoms. The van der Waals surface area contributed by atoms with E-state index in [9.17, 15) is 18.4 Å². The molecule has 1 aromatic carbocycles. The number of amides is 1. The Bertz CT molecular complexity index is 1480. The monoisotopic (exact) mass is 514 g/mol. The molecule has 3 aromatic heterocycles. The van der Waals surface area contributed by atoms with Crippen molar-refractivity contribution in [2.75, 3.05) is 19.8 Å². The molecule has 5 rings (SSSR count). The number of nitrogens with one attached hydrogen (secondary N) is 1. The summed E-state index contributed by atoms with van der Waals surface area (Å²) in [6.45, 7) is 3.27. The Labute approximate surface area is 207 Å². The van der Waals surface area contributed by atoms with E-state index in [1.54, 1.807) is 6.92 Å². The van der Waals surface area contributed by atoms with Gasteiger partial charge in [-0.2, -0.15) is 9.78 Å². The molecule has 0 aliphatic carbocycles. The minimum atomic E-state index is -0.742. The summed E-state index contributed by atoms with van der Waals surface area (Å²) in [5.74, 6) is -1.42. The summed E-state index contributed by atoms with van der Waals surface area (Å²) in [5.41, 5.74) is 0.0955. The van der Waals surface area contributed by atoms with Crippen LogP contribution in [0, 0.1) is 24.5 Å². The number of halogens is 2. The second kappa shape index (κ2) is 9.95. The van der Waals surface area contributed by atoms with Gasteiger partial charge in [-0.15, -0.1) is 0 Å². The van der Waals surface area contributed by atoms with Gasteiger partial charge in [0.2, 0.25) is 5.06 Å². The lowest BCUT2D eigenvalue weighted by Crippen LogP contribution is -2.39. The minimum absolute atomic E-state index is 0.0825. The Morgan fingerprint density at radius 1 is 1.28 bits per heavy atom. The SMILES string of the molecule is Cc1nc(C(=O)NCC2COC2)sc1Oc1ccc(-n2ncn(Cc3ncccc3F)c2=O)cc1F. The Kier molecular flexibility index (Phi) is 6.57. The quantitative estimate of drug-likeness (QED) is 0.385. The Hall–Kier alpha value is -3.97. The second-order valence-electron chi connectivity index (χ2n) is 8.11. The maximum absolute atomic E-state index is 14.9. The number of carbonyl (C=O) groups excluding carboxylic acids is 1. The Morgan fingerprint density at radius 3 is 2.83 bits per heavy atom. The molecule has 1 fully saturated rings. The highest BCUT2D eigenvalue weighted by Crippen LogP contribution is 2.33. The van der Waals surface area contributed by atoms with Crippen LogP contribution in [0.3, 0.4) is 0 Å². The fraction of sp³-hybridized carbons (Fsp3) is 0.261. The number of carbonyl (C=O) groups is 1. The first-order chi connectivity index (χ1) is 17.4. The van der Waals surface area contributed by atoms with E-state index in [0.29, 0.717) is 31.4 Å². The predicted octanol–water partition coefficient (Wildman–Crippen LogP) is 2.69. The van der Waals surface area contributed by atoms with Crippen LogP contribution in [-0.4, -0.2) is 50.0 Å². The number of rotatable bonds is 8. The Balaban J connectivity index is 1.30. The van der Waals surface area contributed by atoms with E-state index < -0.39 is 17.3 Å². The van der Waals surface area contributed by atoms with Crippen LogP contribution in [-0.2, 0) is 11.3 Å². The van der Waals surface area contributed by atoms with Gasteiger partial charge in [-0.3, -0.25) is 14.3 Å². The zero-order valence-corrected chi connectivity index (χ0v) is 19.8. The van der Waals surface area contributed by atoms with Gasteiger partial charge >= 0.3 is 5.69 Å². The summed E-state index contributed by atoms with van der Waals surface area (Å²) in [5, 5.41) is 7.28. The Morgan fingerprint density at radius 2 is 2.11 bits per heavy atom. The number of pyridine rings is 1. The van der Waals surface area contributed by atoms with Gasteiger partial charge in [0.05, 0.1) is 36.8 Å². The zero-order valence-electron chi connectivity index (χ0n) is 19.0. The van der Waals surface area contributed by atoms with Crippen molar-refractivity contribution in [2.24, 2.45) is 5.92 Å². The molecule has 1 aliphatic rings. The van der Waals surface area contributed by atoms with E-state index in [-0.39, 0.29) is 39.7 Å². The fourth-order valence-electron chi connectivity index (χ4n) is 3.41. The van der Waals surface area contributed by atoms with Gasteiger partial charge in [0.1, 0.15) is 12.1 Å². The number of hydrogen-bond acceptors (Lipinski definition) is 8. The van der Waals surface area contributed by atoms with Crippen LogP contribution in [0.25, 0.3) is 5.69 Å². The molecule has 1 N–H and O–H groups in total. The van der Waals surface area contributed by atoms with E-state index in [2.05, 4.69) is 20.4 Å². The van der Waals surface area contributed by atoms with Gasteiger partial charge in [-0.1, -0.05) is 11.3 Å². The van der Waals surface area contributed by atoms with Crippen LogP contribution in [0.4, 0.5) is 8.78 Å². The van der Waals surface area contributed by atoms with Crippen LogP contribution < -0.4 is 15.7 Å². The fourth-order valence-corrected chi connectivity index (χ4v) is 4.26. The lowest BCUT2D eigenvalue weighted by molar-refractivity contribution is -0.0298. The summed E-state index contributed by atoms with van der Waals surface area (Å²) in [7, 11) is 0. The van der Waals surface area contributed by atoms with Gasteiger partial charge in [0.25, 0.3) is 5.91 Å². The molecule has 1 saturated heterocycles. The van der Waals surface area contributed by atoms with Gasteiger partial charge in [-0.25, -0.2) is 18.6 Å². The summed E-state index contributed by atoms with van der Waals surface area (Å²) in [6.07, 6.45) is 2.65. The summed E-state index contributed by atoms with van der Waals surface area (Å²) in [4.78, 5) is 33.2. The van der Waals surface area contributed by atoms with E-state index in [1.807, 2.05) is 0 Å². The molecule has 186 valence electrons. The molecule has 4 heterocycles. The van der Waals surface area contributed by atoms with Gasteiger partial charge < -0.3 is 14.8 Å². The summed E-state index contributed by atoms with van der Waals surface area (Å²) < 4.78 is 41.7.